The number of hydrogen-bond donors (Lipinski definition) is 2. The Kier molecular flexibility index (Phi) is 6.33. The average Bonchev–Trinajstić information content (AvgIpc) is 3.73. The smallest absolute Gasteiger partial charge is 0.115 e. The monoisotopic (exact) mass is 570 g/mol. The molecule has 202 valence electrons. The fourth-order valence-corrected chi connectivity index (χ4v) is 8.26. The summed E-state index contributed by atoms with van der Waals surface area (Å²) >= 11 is 3.59. The maximum Gasteiger partial charge on any atom is 0.115 e. The highest BCUT2D eigenvalue weighted by molar-refractivity contribution is 7.19. The zero-order valence-electron chi connectivity index (χ0n) is 23.0. The molecule has 41 heavy (non-hydrogen) atoms. The number of fused-ring (bicyclic) bond motifs is 3. The van der Waals surface area contributed by atoms with E-state index < -0.39 is 0 Å². The predicted molar refractivity (Wildman–Crippen MR) is 174 cm³/mol. The molecule has 1 aliphatic rings. The summed E-state index contributed by atoms with van der Waals surface area (Å²) in [5, 5.41) is 19.4. The molecule has 0 aliphatic heterocycles. The van der Waals surface area contributed by atoms with Gasteiger partial charge in [0.05, 0.1) is 0 Å². The zero-order chi connectivity index (χ0) is 28.1. The summed E-state index contributed by atoms with van der Waals surface area (Å²) in [6, 6.07) is 37.7. The molecular formula is C37H30O2S2. The predicted octanol–water partition coefficient (Wildman–Crippen LogP) is 11.0. The van der Waals surface area contributed by atoms with Gasteiger partial charge in [-0.1, -0.05) is 44.5 Å². The summed E-state index contributed by atoms with van der Waals surface area (Å²) < 4.78 is 0. The molecule has 0 saturated carbocycles. The maximum atomic E-state index is 9.68. The van der Waals surface area contributed by atoms with Crippen LogP contribution < -0.4 is 0 Å². The molecule has 7 rings (SSSR count). The fraction of sp³-hybridized carbons (Fsp3) is 0.135. The molecule has 2 aromatic heterocycles. The summed E-state index contributed by atoms with van der Waals surface area (Å²) in [5.41, 5.74) is 10.2. The first-order chi connectivity index (χ1) is 19.9. The van der Waals surface area contributed by atoms with Crippen molar-refractivity contribution in [3.05, 3.63) is 120 Å². The van der Waals surface area contributed by atoms with Crippen molar-refractivity contribution < 1.29 is 10.2 Å². The lowest BCUT2D eigenvalue weighted by Crippen LogP contribution is -2.20. The third kappa shape index (κ3) is 4.48. The largest absolute Gasteiger partial charge is 0.508 e. The van der Waals surface area contributed by atoms with Crippen molar-refractivity contribution in [2.45, 2.75) is 32.1 Å². The maximum absolute atomic E-state index is 9.68. The molecule has 0 amide bonds. The number of benzene rings is 4. The summed E-state index contributed by atoms with van der Waals surface area (Å²) in [7, 11) is 0. The number of aromatic hydroxyl groups is 2. The van der Waals surface area contributed by atoms with Gasteiger partial charge in [0.1, 0.15) is 11.5 Å². The Balaban J connectivity index is 1.25. The van der Waals surface area contributed by atoms with Crippen LogP contribution in [0.2, 0.25) is 0 Å². The van der Waals surface area contributed by atoms with Crippen molar-refractivity contribution in [1.29, 1.82) is 0 Å². The van der Waals surface area contributed by atoms with Gasteiger partial charge in [-0.25, -0.2) is 0 Å². The Hall–Kier alpha value is -4.12. The van der Waals surface area contributed by atoms with Crippen LogP contribution in [-0.4, -0.2) is 10.2 Å². The zero-order valence-corrected chi connectivity index (χ0v) is 24.7. The number of phenols is 2. The Morgan fingerprint density at radius 3 is 1.27 bits per heavy atom. The van der Waals surface area contributed by atoms with Crippen LogP contribution in [0.3, 0.4) is 0 Å². The Bertz CT molecular complexity index is 1740. The minimum atomic E-state index is -0.0560. The van der Waals surface area contributed by atoms with Crippen LogP contribution in [0.15, 0.2) is 109 Å². The normalized spacial score (nSPS) is 13.2. The van der Waals surface area contributed by atoms with E-state index in [1.165, 1.54) is 52.9 Å². The van der Waals surface area contributed by atoms with Gasteiger partial charge in [0.25, 0.3) is 0 Å². The van der Waals surface area contributed by atoms with E-state index in [0.717, 1.165) is 24.0 Å². The number of hydrogen-bond acceptors (Lipinski definition) is 4. The lowest BCUT2D eigenvalue weighted by Gasteiger charge is -2.27. The summed E-state index contributed by atoms with van der Waals surface area (Å²) in [6.07, 6.45) is 2.20. The van der Waals surface area contributed by atoms with Gasteiger partial charge in [0.15, 0.2) is 0 Å². The molecule has 2 N–H and O–H groups in total. The van der Waals surface area contributed by atoms with E-state index in [-0.39, 0.29) is 5.41 Å². The van der Waals surface area contributed by atoms with Crippen LogP contribution in [0, 0.1) is 0 Å². The molecule has 6 aromatic rings. The summed E-state index contributed by atoms with van der Waals surface area (Å²) in [5.74, 6) is 0.581. The van der Waals surface area contributed by atoms with Crippen LogP contribution >= 0.6 is 22.7 Å². The minimum absolute atomic E-state index is 0.0560. The molecule has 0 spiro atoms. The lowest BCUT2D eigenvalue weighted by atomic mass is 9.76. The van der Waals surface area contributed by atoms with Gasteiger partial charge in [-0.3, -0.25) is 0 Å². The van der Waals surface area contributed by atoms with Gasteiger partial charge >= 0.3 is 0 Å². The highest BCUT2D eigenvalue weighted by atomic mass is 32.1. The van der Waals surface area contributed by atoms with Crippen molar-refractivity contribution in [2.75, 3.05) is 0 Å². The van der Waals surface area contributed by atoms with Crippen molar-refractivity contribution in [2.24, 2.45) is 0 Å². The van der Waals surface area contributed by atoms with Crippen molar-refractivity contribution in [3.8, 4) is 64.4 Å². The molecule has 4 heteroatoms. The van der Waals surface area contributed by atoms with Gasteiger partial charge < -0.3 is 10.2 Å². The molecule has 0 fully saturated rings. The summed E-state index contributed by atoms with van der Waals surface area (Å²) in [4.78, 5) is 4.91. The third-order valence-electron chi connectivity index (χ3n) is 8.35. The quantitative estimate of drug-likeness (QED) is 0.209. The number of phenolic OH excluding ortho intramolecular Hbond substituents is 2. The molecule has 2 nitrogen and oxygen atoms in total. The first-order valence-electron chi connectivity index (χ1n) is 14.0. The molecule has 0 atom stereocenters. The van der Waals surface area contributed by atoms with Crippen LogP contribution in [0.4, 0.5) is 0 Å². The second-order valence-electron chi connectivity index (χ2n) is 11.0. The van der Waals surface area contributed by atoms with Crippen molar-refractivity contribution in [1.82, 2.24) is 0 Å². The molecule has 0 radical (unpaired) electrons. The van der Waals surface area contributed by atoms with E-state index >= 15 is 0 Å². The third-order valence-corrected chi connectivity index (χ3v) is 10.7. The second kappa shape index (κ2) is 10.1. The molecular weight excluding hydrogens is 541 g/mol. The molecule has 0 unspecified atom stereocenters. The molecule has 2 heterocycles. The molecule has 4 aromatic carbocycles. The van der Waals surface area contributed by atoms with Gasteiger partial charge in [0.2, 0.25) is 0 Å². The SMILES string of the molecule is CCCC1(C)c2cc(-c3ccc(-c4ccc(O)cc4)s3)ccc2-c2ccc(-c3ccc(-c4ccc(O)cc4)s3)cc21. The number of thiophene rings is 2. The van der Waals surface area contributed by atoms with Gasteiger partial charge in [-0.15, -0.1) is 22.7 Å². The Morgan fingerprint density at radius 2 is 0.878 bits per heavy atom. The minimum Gasteiger partial charge on any atom is -0.508 e. The van der Waals surface area contributed by atoms with E-state index in [1.54, 1.807) is 46.9 Å². The first-order valence-corrected chi connectivity index (χ1v) is 15.6. The van der Waals surface area contributed by atoms with Crippen molar-refractivity contribution in [3.63, 3.8) is 0 Å². The van der Waals surface area contributed by atoms with Gasteiger partial charge in [-0.2, -0.15) is 0 Å². The Labute approximate surface area is 248 Å². The van der Waals surface area contributed by atoms with Crippen LogP contribution in [0.5, 0.6) is 11.5 Å². The topological polar surface area (TPSA) is 40.5 Å². The van der Waals surface area contributed by atoms with E-state index in [1.807, 2.05) is 24.3 Å². The summed E-state index contributed by atoms with van der Waals surface area (Å²) in [6.45, 7) is 4.70. The van der Waals surface area contributed by atoms with E-state index in [4.69, 9.17) is 0 Å². The average molecular weight is 571 g/mol. The Morgan fingerprint density at radius 1 is 0.512 bits per heavy atom. The van der Waals surface area contributed by atoms with Gasteiger partial charge in [0, 0.05) is 24.9 Å². The van der Waals surface area contributed by atoms with Gasteiger partial charge in [-0.05, 0) is 136 Å². The fourth-order valence-electron chi connectivity index (χ4n) is 6.24. The highest BCUT2D eigenvalue weighted by Crippen LogP contribution is 2.53. The van der Waals surface area contributed by atoms with Crippen LogP contribution in [0.25, 0.3) is 52.9 Å². The van der Waals surface area contributed by atoms with Crippen LogP contribution in [0.1, 0.15) is 37.8 Å². The molecule has 0 bridgehead atoms. The molecule has 0 saturated heterocycles. The standard InChI is InChI=1S/C37H30O2S2/c1-3-20-37(2)31-21-25(35-18-16-33(40-35)23-4-10-27(38)11-5-23)8-14-29(31)30-15-9-26(22-32(30)37)36-19-17-34(41-36)24-6-12-28(39)13-7-24/h4-19,21-22,38-39H,3,20H2,1-2H3. The highest BCUT2D eigenvalue weighted by Gasteiger charge is 2.39. The van der Waals surface area contributed by atoms with Crippen LogP contribution in [-0.2, 0) is 5.41 Å². The number of rotatable bonds is 6. The van der Waals surface area contributed by atoms with E-state index in [9.17, 15) is 10.2 Å². The first kappa shape index (κ1) is 25.8. The van der Waals surface area contributed by atoms with Crippen molar-refractivity contribution >= 4 is 22.7 Å². The lowest BCUT2D eigenvalue weighted by molar-refractivity contribution is 0.475. The molecule has 1 aliphatic carbocycles. The second-order valence-corrected chi connectivity index (χ2v) is 13.2. The van der Waals surface area contributed by atoms with E-state index in [2.05, 4.69) is 74.5 Å². The van der Waals surface area contributed by atoms with E-state index in [0.29, 0.717) is 11.5 Å².